The maximum atomic E-state index is 12.5. The molecule has 0 fully saturated rings. The molecule has 3 aromatic rings. The van der Waals surface area contributed by atoms with Gasteiger partial charge in [0.25, 0.3) is 5.91 Å². The number of rotatable bonds is 4. The minimum atomic E-state index is -0.248. The Bertz CT molecular complexity index is 917. The van der Waals surface area contributed by atoms with Crippen molar-refractivity contribution >= 4 is 23.1 Å². The second-order valence-electron chi connectivity index (χ2n) is 5.29. The minimum Gasteiger partial charge on any atom is -0.338 e. The topological polar surface area (TPSA) is 81.9 Å². The van der Waals surface area contributed by atoms with Gasteiger partial charge in [-0.1, -0.05) is 30.3 Å². The summed E-state index contributed by atoms with van der Waals surface area (Å²) >= 11 is 0. The summed E-state index contributed by atoms with van der Waals surface area (Å²) in [6.45, 7) is 0. The van der Waals surface area contributed by atoms with Crippen molar-refractivity contribution in [2.45, 2.75) is 0 Å². The van der Waals surface area contributed by atoms with Crippen LogP contribution in [0.2, 0.25) is 0 Å². The van der Waals surface area contributed by atoms with Crippen LogP contribution in [-0.2, 0) is 0 Å². The van der Waals surface area contributed by atoms with Crippen LogP contribution in [0.1, 0.15) is 16.1 Å². The van der Waals surface area contributed by atoms with Crippen molar-refractivity contribution < 1.29 is 4.79 Å². The average molecular weight is 329 g/mol. The van der Waals surface area contributed by atoms with Crippen LogP contribution >= 0.6 is 0 Å². The van der Waals surface area contributed by atoms with Crippen molar-refractivity contribution in [2.24, 2.45) is 0 Å². The third kappa shape index (κ3) is 3.62. The van der Waals surface area contributed by atoms with Crippen LogP contribution in [-0.4, -0.2) is 23.2 Å². The Morgan fingerprint density at radius 1 is 1.00 bits per heavy atom. The molecule has 0 saturated carbocycles. The number of anilines is 3. The van der Waals surface area contributed by atoms with Crippen molar-refractivity contribution in [1.82, 2.24) is 10.2 Å². The minimum absolute atomic E-state index is 0.241. The molecule has 0 unspecified atom stereocenters. The number of para-hydroxylation sites is 2. The molecule has 0 bridgehead atoms. The van der Waals surface area contributed by atoms with E-state index >= 15 is 0 Å². The van der Waals surface area contributed by atoms with Gasteiger partial charge in [-0.05, 0) is 36.4 Å². The van der Waals surface area contributed by atoms with Gasteiger partial charge in [-0.15, -0.1) is 10.2 Å². The third-order valence-electron chi connectivity index (χ3n) is 3.64. The fraction of sp³-hybridized carbons (Fsp3) is 0.0526. The standard InChI is InChI=1S/C19H15N5O/c1-24(15-8-3-2-4-9-15)19(25)17-11-12-18(23-22-17)21-16-10-6-5-7-14(16)13-20/h2-12H,1H3,(H,21,23). The largest absolute Gasteiger partial charge is 0.338 e. The zero-order valence-electron chi connectivity index (χ0n) is 13.5. The van der Waals surface area contributed by atoms with Crippen LogP contribution in [0.25, 0.3) is 0 Å². The Morgan fingerprint density at radius 2 is 1.72 bits per heavy atom. The first-order chi connectivity index (χ1) is 12.2. The van der Waals surface area contributed by atoms with Crippen LogP contribution in [0.15, 0.2) is 66.7 Å². The summed E-state index contributed by atoms with van der Waals surface area (Å²) in [4.78, 5) is 14.0. The molecule has 3 rings (SSSR count). The lowest BCUT2D eigenvalue weighted by atomic mass is 10.2. The van der Waals surface area contributed by atoms with Crippen LogP contribution in [0, 0.1) is 11.3 Å². The molecule has 122 valence electrons. The van der Waals surface area contributed by atoms with E-state index in [0.29, 0.717) is 17.1 Å². The first kappa shape index (κ1) is 16.1. The molecule has 0 spiro atoms. The van der Waals surface area contributed by atoms with E-state index in [1.54, 1.807) is 37.4 Å². The smallest absolute Gasteiger partial charge is 0.278 e. The molecule has 1 heterocycles. The van der Waals surface area contributed by atoms with E-state index in [0.717, 1.165) is 5.69 Å². The monoisotopic (exact) mass is 329 g/mol. The van der Waals surface area contributed by atoms with Gasteiger partial charge in [0, 0.05) is 12.7 Å². The second-order valence-corrected chi connectivity index (χ2v) is 5.29. The van der Waals surface area contributed by atoms with Gasteiger partial charge < -0.3 is 10.2 Å². The molecule has 25 heavy (non-hydrogen) atoms. The van der Waals surface area contributed by atoms with Crippen molar-refractivity contribution in [2.75, 3.05) is 17.3 Å². The van der Waals surface area contributed by atoms with Crippen LogP contribution < -0.4 is 10.2 Å². The maximum Gasteiger partial charge on any atom is 0.278 e. The molecule has 1 aromatic heterocycles. The molecule has 1 N–H and O–H groups in total. The molecule has 1 amide bonds. The van der Waals surface area contributed by atoms with E-state index < -0.39 is 0 Å². The van der Waals surface area contributed by atoms with E-state index in [-0.39, 0.29) is 11.6 Å². The van der Waals surface area contributed by atoms with Gasteiger partial charge >= 0.3 is 0 Å². The van der Waals surface area contributed by atoms with Crippen molar-refractivity contribution in [3.8, 4) is 6.07 Å². The molecule has 6 heteroatoms. The van der Waals surface area contributed by atoms with E-state index in [1.165, 1.54) is 4.90 Å². The fourth-order valence-electron chi connectivity index (χ4n) is 2.28. The summed E-state index contributed by atoms with van der Waals surface area (Å²) in [7, 11) is 1.69. The number of nitrogens with one attached hydrogen (secondary N) is 1. The molecule has 0 radical (unpaired) electrons. The number of hydrogen-bond donors (Lipinski definition) is 1. The second kappa shape index (κ2) is 7.23. The Hall–Kier alpha value is -3.72. The number of carbonyl (C=O) groups is 1. The number of carbonyl (C=O) groups excluding carboxylic acids is 1. The molecular weight excluding hydrogens is 314 g/mol. The lowest BCUT2D eigenvalue weighted by molar-refractivity contribution is 0.0987. The highest BCUT2D eigenvalue weighted by molar-refractivity contribution is 6.04. The number of benzene rings is 2. The number of nitriles is 1. The Balaban J connectivity index is 1.76. The summed E-state index contributed by atoms with van der Waals surface area (Å²) in [5, 5.41) is 20.2. The van der Waals surface area contributed by atoms with Crippen molar-refractivity contribution in [3.63, 3.8) is 0 Å². The zero-order valence-corrected chi connectivity index (χ0v) is 13.5. The quantitative estimate of drug-likeness (QED) is 0.793. The van der Waals surface area contributed by atoms with Gasteiger partial charge in [0.15, 0.2) is 11.5 Å². The van der Waals surface area contributed by atoms with Gasteiger partial charge in [0.2, 0.25) is 0 Å². The van der Waals surface area contributed by atoms with Crippen LogP contribution in [0.5, 0.6) is 0 Å². The molecule has 0 aliphatic carbocycles. The Kier molecular flexibility index (Phi) is 4.67. The van der Waals surface area contributed by atoms with Crippen molar-refractivity contribution in [1.29, 1.82) is 5.26 Å². The predicted molar refractivity (Wildman–Crippen MR) is 95.6 cm³/mol. The Morgan fingerprint density at radius 3 is 2.40 bits per heavy atom. The van der Waals surface area contributed by atoms with Crippen molar-refractivity contribution in [3.05, 3.63) is 78.0 Å². The molecule has 2 aromatic carbocycles. The summed E-state index contributed by atoms with van der Waals surface area (Å²) in [6, 6.07) is 21.8. The Labute approximate surface area is 145 Å². The van der Waals surface area contributed by atoms with Gasteiger partial charge in [0.1, 0.15) is 6.07 Å². The van der Waals surface area contributed by atoms with Crippen LogP contribution in [0.4, 0.5) is 17.2 Å². The highest BCUT2D eigenvalue weighted by Crippen LogP contribution is 2.19. The SMILES string of the molecule is CN(C(=O)c1ccc(Nc2ccccc2C#N)nn1)c1ccccc1. The maximum absolute atomic E-state index is 12.5. The van der Waals surface area contributed by atoms with Gasteiger partial charge in [0.05, 0.1) is 11.3 Å². The van der Waals surface area contributed by atoms with Crippen LogP contribution in [0.3, 0.4) is 0 Å². The normalized spacial score (nSPS) is 9.92. The molecule has 6 nitrogen and oxygen atoms in total. The summed E-state index contributed by atoms with van der Waals surface area (Å²) in [5.41, 5.74) is 2.16. The van der Waals surface area contributed by atoms with E-state index in [1.807, 2.05) is 36.4 Å². The number of nitrogens with zero attached hydrogens (tertiary/aromatic N) is 4. The fourth-order valence-corrected chi connectivity index (χ4v) is 2.28. The van der Waals surface area contributed by atoms with Gasteiger partial charge in [-0.2, -0.15) is 5.26 Å². The van der Waals surface area contributed by atoms with E-state index in [4.69, 9.17) is 5.26 Å². The summed E-state index contributed by atoms with van der Waals surface area (Å²) in [6.07, 6.45) is 0. The lowest BCUT2D eigenvalue weighted by Crippen LogP contribution is -2.27. The molecular formula is C19H15N5O. The highest BCUT2D eigenvalue weighted by Gasteiger charge is 2.15. The number of aromatic nitrogens is 2. The zero-order chi connectivity index (χ0) is 17.6. The number of amides is 1. The molecule has 0 aliphatic heterocycles. The van der Waals surface area contributed by atoms with E-state index in [2.05, 4.69) is 21.6 Å². The van der Waals surface area contributed by atoms with E-state index in [9.17, 15) is 4.79 Å². The lowest BCUT2D eigenvalue weighted by Gasteiger charge is -2.16. The third-order valence-corrected chi connectivity index (χ3v) is 3.64. The summed E-state index contributed by atoms with van der Waals surface area (Å²) in [5.74, 6) is 0.212. The average Bonchev–Trinajstić information content (AvgIpc) is 2.68. The highest BCUT2D eigenvalue weighted by atomic mass is 16.2. The van der Waals surface area contributed by atoms with Gasteiger partial charge in [-0.3, -0.25) is 4.79 Å². The molecule has 0 atom stereocenters. The first-order valence-corrected chi connectivity index (χ1v) is 7.62. The van der Waals surface area contributed by atoms with Gasteiger partial charge in [-0.25, -0.2) is 0 Å². The first-order valence-electron chi connectivity index (χ1n) is 7.62. The molecule has 0 saturated heterocycles. The predicted octanol–water partition coefficient (Wildman–Crippen LogP) is 3.37. The molecule has 0 aliphatic rings. The number of hydrogen-bond acceptors (Lipinski definition) is 5. The summed E-state index contributed by atoms with van der Waals surface area (Å²) < 4.78 is 0.